The summed E-state index contributed by atoms with van der Waals surface area (Å²) < 4.78 is 19.3. The van der Waals surface area contributed by atoms with E-state index in [4.69, 9.17) is 17.4 Å². The molecule has 1 heterocycles. The van der Waals surface area contributed by atoms with Crippen LogP contribution in [0.25, 0.3) is 0 Å². The van der Waals surface area contributed by atoms with Gasteiger partial charge in [0.15, 0.2) is 0 Å². The molecule has 0 aromatic heterocycles. The van der Waals surface area contributed by atoms with E-state index in [0.29, 0.717) is 11.5 Å². The standard InChI is InChI=1S/C22H35FN2OS/c1-17-12-20(14-22(2,3)13-17)26-16-21(27)15-24-8-10-25(11-9-24)19-6-4-18(23)5-7-19/h4-7,17,20-21,27H,8-16H2,1-3H3/p+1/t17-,20+,21-/m1/s1. The summed E-state index contributed by atoms with van der Waals surface area (Å²) in [6, 6.07) is 6.84. The molecular weight excluding hydrogens is 359 g/mol. The highest BCUT2D eigenvalue weighted by molar-refractivity contribution is 7.81. The van der Waals surface area contributed by atoms with E-state index in [-0.39, 0.29) is 11.1 Å². The Labute approximate surface area is 169 Å². The molecule has 5 heteroatoms. The lowest BCUT2D eigenvalue weighted by Crippen LogP contribution is -3.15. The Bertz CT molecular complexity index is 586. The van der Waals surface area contributed by atoms with Crippen molar-refractivity contribution in [2.24, 2.45) is 11.3 Å². The third kappa shape index (κ3) is 6.37. The second-order valence-electron chi connectivity index (χ2n) is 9.44. The summed E-state index contributed by atoms with van der Waals surface area (Å²) in [5.41, 5.74) is 1.52. The minimum Gasteiger partial charge on any atom is -0.377 e. The van der Waals surface area contributed by atoms with E-state index in [1.165, 1.54) is 19.3 Å². The van der Waals surface area contributed by atoms with Gasteiger partial charge in [-0.15, -0.1) is 0 Å². The number of halogens is 1. The molecule has 1 N–H and O–H groups in total. The second-order valence-corrected chi connectivity index (χ2v) is 10.2. The molecular formula is C22H36FN2OS+. The van der Waals surface area contributed by atoms with Crippen molar-refractivity contribution in [3.63, 3.8) is 0 Å². The first-order chi connectivity index (χ1) is 12.8. The van der Waals surface area contributed by atoms with E-state index in [1.54, 1.807) is 17.0 Å². The fraction of sp³-hybridized carbons (Fsp3) is 0.727. The molecule has 27 heavy (non-hydrogen) atoms. The Balaban J connectivity index is 1.38. The van der Waals surface area contributed by atoms with E-state index in [2.05, 4.69) is 25.7 Å². The molecule has 3 rings (SSSR count). The van der Waals surface area contributed by atoms with Crippen LogP contribution >= 0.6 is 12.6 Å². The summed E-state index contributed by atoms with van der Waals surface area (Å²) >= 11 is 4.81. The average molecular weight is 396 g/mol. The van der Waals surface area contributed by atoms with Gasteiger partial charge in [-0.25, -0.2) is 4.39 Å². The van der Waals surface area contributed by atoms with Crippen molar-refractivity contribution in [2.45, 2.75) is 51.4 Å². The molecule has 0 radical (unpaired) electrons. The van der Waals surface area contributed by atoms with E-state index in [0.717, 1.165) is 50.9 Å². The SMILES string of the molecule is C[C@@H]1C[C@H](OC[C@H](S)C[NH+]2CCN(c3ccc(F)cc3)CC2)CC(C)(C)C1. The van der Waals surface area contributed by atoms with Crippen LogP contribution in [0, 0.1) is 17.2 Å². The van der Waals surface area contributed by atoms with Crippen molar-refractivity contribution in [3.05, 3.63) is 30.1 Å². The zero-order valence-electron chi connectivity index (χ0n) is 17.1. The highest BCUT2D eigenvalue weighted by atomic mass is 32.1. The van der Waals surface area contributed by atoms with Crippen LogP contribution in [0.2, 0.25) is 0 Å². The summed E-state index contributed by atoms with van der Waals surface area (Å²) in [5.74, 6) is 0.582. The maximum absolute atomic E-state index is 13.1. The van der Waals surface area contributed by atoms with Crippen molar-refractivity contribution >= 4 is 18.3 Å². The maximum Gasteiger partial charge on any atom is 0.123 e. The van der Waals surface area contributed by atoms with Gasteiger partial charge in [-0.1, -0.05) is 20.8 Å². The molecule has 1 aromatic carbocycles. The summed E-state index contributed by atoms with van der Waals surface area (Å²) in [7, 11) is 0. The maximum atomic E-state index is 13.1. The van der Waals surface area contributed by atoms with E-state index in [9.17, 15) is 4.39 Å². The topological polar surface area (TPSA) is 16.9 Å². The molecule has 3 atom stereocenters. The van der Waals surface area contributed by atoms with Crippen LogP contribution in [0.3, 0.4) is 0 Å². The molecule has 0 spiro atoms. The van der Waals surface area contributed by atoms with Gasteiger partial charge in [-0.2, -0.15) is 12.6 Å². The predicted octanol–water partition coefficient (Wildman–Crippen LogP) is 3.06. The summed E-state index contributed by atoms with van der Waals surface area (Å²) in [6.07, 6.45) is 4.05. The third-order valence-electron chi connectivity index (χ3n) is 6.06. The number of hydrogen-bond acceptors (Lipinski definition) is 3. The Morgan fingerprint density at radius 2 is 1.89 bits per heavy atom. The van der Waals surface area contributed by atoms with Crippen LogP contribution in [-0.2, 0) is 4.74 Å². The second kappa shape index (κ2) is 9.15. The molecule has 2 aliphatic rings. The van der Waals surface area contributed by atoms with Gasteiger partial charge >= 0.3 is 0 Å². The minimum absolute atomic E-state index is 0.170. The molecule has 3 nitrogen and oxygen atoms in total. The summed E-state index contributed by atoms with van der Waals surface area (Å²) in [6.45, 7) is 13.1. The molecule has 0 unspecified atom stereocenters. The predicted molar refractivity (Wildman–Crippen MR) is 113 cm³/mol. The molecule has 0 bridgehead atoms. The molecule has 2 fully saturated rings. The molecule has 1 saturated carbocycles. The van der Waals surface area contributed by atoms with Crippen molar-refractivity contribution < 1.29 is 14.0 Å². The van der Waals surface area contributed by atoms with Crippen molar-refractivity contribution in [2.75, 3.05) is 44.2 Å². The van der Waals surface area contributed by atoms with Crippen molar-refractivity contribution in [1.82, 2.24) is 0 Å². The number of thiol groups is 1. The van der Waals surface area contributed by atoms with E-state index >= 15 is 0 Å². The molecule has 1 aliphatic heterocycles. The number of quaternary nitrogens is 1. The third-order valence-corrected chi connectivity index (χ3v) is 6.39. The lowest BCUT2D eigenvalue weighted by atomic mass is 9.71. The van der Waals surface area contributed by atoms with Gasteiger partial charge in [-0.05, 0) is 54.9 Å². The van der Waals surface area contributed by atoms with Crippen LogP contribution in [0.1, 0.15) is 40.0 Å². The summed E-state index contributed by atoms with van der Waals surface area (Å²) in [5, 5.41) is 0.290. The normalized spacial score (nSPS) is 27.5. The van der Waals surface area contributed by atoms with Crippen LogP contribution in [0.4, 0.5) is 10.1 Å². The average Bonchev–Trinajstić information content (AvgIpc) is 2.60. The first kappa shape index (κ1) is 20.9. The van der Waals surface area contributed by atoms with Crippen LogP contribution in [0.5, 0.6) is 0 Å². The van der Waals surface area contributed by atoms with Gasteiger partial charge in [0.25, 0.3) is 0 Å². The van der Waals surface area contributed by atoms with Crippen LogP contribution in [-0.4, -0.2) is 50.7 Å². The first-order valence-corrected chi connectivity index (χ1v) is 11.0. The summed E-state index contributed by atoms with van der Waals surface area (Å²) in [4.78, 5) is 3.94. The van der Waals surface area contributed by atoms with Gasteiger partial charge in [0.05, 0.1) is 50.7 Å². The monoisotopic (exact) mass is 395 g/mol. The molecule has 1 saturated heterocycles. The number of nitrogens with one attached hydrogen (secondary N) is 1. The van der Waals surface area contributed by atoms with E-state index in [1.807, 2.05) is 12.1 Å². The van der Waals surface area contributed by atoms with Gasteiger partial charge < -0.3 is 14.5 Å². The zero-order chi connectivity index (χ0) is 19.4. The Hall–Kier alpha value is -0.780. The molecule has 1 aromatic rings. The van der Waals surface area contributed by atoms with Crippen LogP contribution in [0.15, 0.2) is 24.3 Å². The Kier molecular flexibility index (Phi) is 7.09. The van der Waals surface area contributed by atoms with Crippen LogP contribution < -0.4 is 9.80 Å². The molecule has 152 valence electrons. The lowest BCUT2D eigenvalue weighted by molar-refractivity contribution is -0.900. The largest absolute Gasteiger partial charge is 0.377 e. The van der Waals surface area contributed by atoms with Gasteiger partial charge in [0.2, 0.25) is 0 Å². The molecule has 0 amide bonds. The van der Waals surface area contributed by atoms with Gasteiger partial charge in [0.1, 0.15) is 5.82 Å². The minimum atomic E-state index is -0.170. The number of anilines is 1. The zero-order valence-corrected chi connectivity index (χ0v) is 18.0. The fourth-order valence-corrected chi connectivity index (χ4v) is 5.31. The van der Waals surface area contributed by atoms with E-state index < -0.39 is 0 Å². The first-order valence-electron chi connectivity index (χ1n) is 10.4. The van der Waals surface area contributed by atoms with Gasteiger partial charge in [-0.3, -0.25) is 0 Å². The molecule has 1 aliphatic carbocycles. The Morgan fingerprint density at radius 1 is 1.22 bits per heavy atom. The Morgan fingerprint density at radius 3 is 2.52 bits per heavy atom. The lowest BCUT2D eigenvalue weighted by Gasteiger charge is -2.39. The number of ether oxygens (including phenoxy) is 1. The number of nitrogens with zero attached hydrogens (tertiary/aromatic N) is 1. The highest BCUT2D eigenvalue weighted by Crippen LogP contribution is 2.39. The quantitative estimate of drug-likeness (QED) is 0.721. The smallest absolute Gasteiger partial charge is 0.123 e. The number of benzene rings is 1. The number of rotatable bonds is 6. The number of hydrogen-bond donors (Lipinski definition) is 2. The van der Waals surface area contributed by atoms with Gasteiger partial charge in [0, 0.05) is 5.69 Å². The van der Waals surface area contributed by atoms with Crippen molar-refractivity contribution in [1.29, 1.82) is 0 Å². The highest BCUT2D eigenvalue weighted by Gasteiger charge is 2.33. The fourth-order valence-electron chi connectivity index (χ4n) is 4.96. The van der Waals surface area contributed by atoms with Crippen molar-refractivity contribution in [3.8, 4) is 0 Å². The number of piperazine rings is 1.